The maximum absolute atomic E-state index is 12.6. The maximum Gasteiger partial charge on any atom is 0.261 e. The van der Waals surface area contributed by atoms with Crippen molar-refractivity contribution in [3.05, 3.63) is 66.2 Å². The van der Waals surface area contributed by atoms with Crippen LogP contribution in [-0.4, -0.2) is 37.4 Å². The van der Waals surface area contributed by atoms with Crippen LogP contribution >= 0.6 is 12.2 Å². The zero-order valence-corrected chi connectivity index (χ0v) is 17.5. The van der Waals surface area contributed by atoms with Gasteiger partial charge in [0, 0.05) is 18.4 Å². The number of para-hydroxylation sites is 1. The van der Waals surface area contributed by atoms with Crippen molar-refractivity contribution in [1.82, 2.24) is 5.32 Å². The van der Waals surface area contributed by atoms with Gasteiger partial charge in [-0.3, -0.25) is 10.1 Å². The van der Waals surface area contributed by atoms with Gasteiger partial charge < -0.3 is 19.5 Å². The first kappa shape index (κ1) is 22.4. The summed E-state index contributed by atoms with van der Waals surface area (Å²) in [6, 6.07) is 14.3. The van der Waals surface area contributed by atoms with E-state index in [2.05, 4.69) is 17.2 Å². The number of nitrogens with one attached hydrogen (secondary N) is 2. The van der Waals surface area contributed by atoms with Gasteiger partial charge in [-0.25, -0.2) is 0 Å². The second-order valence-corrected chi connectivity index (χ2v) is 6.63. The highest BCUT2D eigenvalue weighted by Gasteiger charge is 2.13. The number of benzene rings is 2. The van der Waals surface area contributed by atoms with Crippen LogP contribution in [0, 0.1) is 0 Å². The monoisotopic (exact) mass is 414 g/mol. The highest BCUT2D eigenvalue weighted by molar-refractivity contribution is 7.80. The summed E-state index contributed by atoms with van der Waals surface area (Å²) in [5.41, 5.74) is 2.02. The lowest BCUT2D eigenvalue weighted by molar-refractivity contribution is 0.0958. The van der Waals surface area contributed by atoms with E-state index in [1.165, 1.54) is 0 Å². The Morgan fingerprint density at radius 3 is 2.66 bits per heavy atom. The predicted molar refractivity (Wildman–Crippen MR) is 119 cm³/mol. The van der Waals surface area contributed by atoms with Crippen molar-refractivity contribution in [1.29, 1.82) is 0 Å². The van der Waals surface area contributed by atoms with E-state index in [0.29, 0.717) is 49.2 Å². The molecule has 2 N–H and O–H groups in total. The van der Waals surface area contributed by atoms with Gasteiger partial charge in [-0.1, -0.05) is 24.8 Å². The lowest BCUT2D eigenvalue weighted by Crippen LogP contribution is -2.34. The minimum absolute atomic E-state index is 0.177. The van der Waals surface area contributed by atoms with Crippen molar-refractivity contribution in [2.75, 3.05) is 31.7 Å². The first-order valence-electron chi connectivity index (χ1n) is 9.28. The summed E-state index contributed by atoms with van der Waals surface area (Å²) in [4.78, 5) is 12.6. The van der Waals surface area contributed by atoms with Crippen LogP contribution in [0.15, 0.2) is 60.7 Å². The number of amides is 1. The molecule has 0 atom stereocenters. The van der Waals surface area contributed by atoms with Crippen molar-refractivity contribution in [2.24, 2.45) is 0 Å². The normalized spacial score (nSPS) is 10.1. The van der Waals surface area contributed by atoms with Gasteiger partial charge in [-0.05, 0) is 55.9 Å². The third-order valence-electron chi connectivity index (χ3n) is 3.63. The van der Waals surface area contributed by atoms with Gasteiger partial charge in [0.05, 0.1) is 12.2 Å². The Bertz CT molecular complexity index is 854. The minimum Gasteiger partial charge on any atom is -0.490 e. The molecule has 0 aromatic heterocycles. The van der Waals surface area contributed by atoms with Crippen LogP contribution in [-0.2, 0) is 4.74 Å². The number of hydrogen-bond donors (Lipinski definition) is 2. The fourth-order valence-electron chi connectivity index (χ4n) is 2.34. The summed E-state index contributed by atoms with van der Waals surface area (Å²) in [5.74, 6) is 0.798. The molecule has 1 amide bonds. The molecule has 0 saturated carbocycles. The third-order valence-corrected chi connectivity index (χ3v) is 3.83. The van der Waals surface area contributed by atoms with E-state index in [4.69, 9.17) is 26.4 Å². The van der Waals surface area contributed by atoms with E-state index in [9.17, 15) is 4.79 Å². The molecule has 0 aliphatic heterocycles. The topological polar surface area (TPSA) is 68.8 Å². The Hall–Kier alpha value is -2.90. The number of carbonyl (C=O) groups excluding carboxylic acids is 1. The van der Waals surface area contributed by atoms with Crippen LogP contribution in [0.25, 0.3) is 0 Å². The third kappa shape index (κ3) is 7.93. The summed E-state index contributed by atoms with van der Waals surface area (Å²) in [6.07, 6.45) is 0. The van der Waals surface area contributed by atoms with E-state index < -0.39 is 0 Å². The molecule has 0 saturated heterocycles. The fourth-order valence-corrected chi connectivity index (χ4v) is 2.55. The minimum atomic E-state index is -0.357. The zero-order valence-electron chi connectivity index (χ0n) is 16.7. The van der Waals surface area contributed by atoms with Gasteiger partial charge in [-0.15, -0.1) is 0 Å². The molecule has 0 aliphatic carbocycles. The van der Waals surface area contributed by atoms with Gasteiger partial charge >= 0.3 is 0 Å². The van der Waals surface area contributed by atoms with Gasteiger partial charge in [0.1, 0.15) is 24.7 Å². The van der Waals surface area contributed by atoms with Crippen LogP contribution in [0.1, 0.15) is 24.2 Å². The largest absolute Gasteiger partial charge is 0.490 e. The second kappa shape index (κ2) is 11.8. The van der Waals surface area contributed by atoms with Crippen LogP contribution in [0.2, 0.25) is 0 Å². The second-order valence-electron chi connectivity index (χ2n) is 6.22. The van der Waals surface area contributed by atoms with Crippen LogP contribution in [0.4, 0.5) is 5.69 Å². The van der Waals surface area contributed by atoms with Gasteiger partial charge in [0.25, 0.3) is 5.91 Å². The average molecular weight is 415 g/mol. The van der Waals surface area contributed by atoms with Crippen LogP contribution < -0.4 is 20.1 Å². The Labute approximate surface area is 176 Å². The maximum atomic E-state index is 12.6. The van der Waals surface area contributed by atoms with Crippen molar-refractivity contribution >= 4 is 28.9 Å². The van der Waals surface area contributed by atoms with E-state index in [1.54, 1.807) is 30.3 Å². The molecule has 0 unspecified atom stereocenters. The Balaban J connectivity index is 1.95. The van der Waals surface area contributed by atoms with E-state index in [1.807, 2.05) is 32.0 Å². The van der Waals surface area contributed by atoms with Crippen molar-refractivity contribution in [3.8, 4) is 11.5 Å². The molecule has 0 heterocycles. The smallest absolute Gasteiger partial charge is 0.261 e. The molecule has 7 heteroatoms. The van der Waals surface area contributed by atoms with Gasteiger partial charge in [0.15, 0.2) is 5.11 Å². The quantitative estimate of drug-likeness (QED) is 0.345. The average Bonchev–Trinajstić information content (AvgIpc) is 2.70. The molecule has 0 fully saturated rings. The summed E-state index contributed by atoms with van der Waals surface area (Å²) in [7, 11) is 0. The summed E-state index contributed by atoms with van der Waals surface area (Å²) in [5, 5.41) is 5.83. The highest BCUT2D eigenvalue weighted by atomic mass is 32.1. The lowest BCUT2D eigenvalue weighted by atomic mass is 10.2. The number of thiocarbonyl (C=S) groups is 1. The molecule has 0 aliphatic rings. The molecule has 2 aromatic rings. The fraction of sp³-hybridized carbons (Fsp3) is 0.273. The number of hydrogen-bond acceptors (Lipinski definition) is 5. The van der Waals surface area contributed by atoms with Crippen molar-refractivity contribution < 1.29 is 19.0 Å². The summed E-state index contributed by atoms with van der Waals surface area (Å²) in [6.45, 7) is 9.48. The molecule has 2 rings (SSSR count). The predicted octanol–water partition coefficient (Wildman–Crippen LogP) is 4.18. The Morgan fingerprint density at radius 1 is 1.10 bits per heavy atom. The number of carbonyl (C=O) groups is 1. The van der Waals surface area contributed by atoms with Crippen molar-refractivity contribution in [2.45, 2.75) is 13.8 Å². The molecule has 6 nitrogen and oxygen atoms in total. The number of rotatable bonds is 10. The molecule has 0 bridgehead atoms. The van der Waals surface area contributed by atoms with Crippen molar-refractivity contribution in [3.63, 3.8) is 0 Å². The summed E-state index contributed by atoms with van der Waals surface area (Å²) >= 11 is 5.27. The highest BCUT2D eigenvalue weighted by Crippen LogP contribution is 2.19. The molecular formula is C22H26N2O4S. The van der Waals surface area contributed by atoms with E-state index in [0.717, 1.165) is 5.57 Å². The molecule has 0 spiro atoms. The standard InChI is InChI=1S/C22H26N2O4S/c1-4-26-12-13-27-20-11-6-5-10-19(20)21(25)24-22(29)23-17-8-7-9-18(14-17)28-15-16(2)3/h5-11,14H,2,4,12-13,15H2,1,3H3,(H2,23,24,25,29). The summed E-state index contributed by atoms with van der Waals surface area (Å²) < 4.78 is 16.5. The number of anilines is 1. The van der Waals surface area contributed by atoms with E-state index >= 15 is 0 Å². The van der Waals surface area contributed by atoms with Gasteiger partial charge in [0.2, 0.25) is 0 Å². The molecular weight excluding hydrogens is 388 g/mol. The molecule has 0 radical (unpaired) electrons. The Kier molecular flexibility index (Phi) is 9.14. The zero-order chi connectivity index (χ0) is 21.1. The van der Waals surface area contributed by atoms with Crippen LogP contribution in [0.3, 0.4) is 0 Å². The first-order valence-corrected chi connectivity index (χ1v) is 9.69. The lowest BCUT2D eigenvalue weighted by Gasteiger charge is -2.13. The van der Waals surface area contributed by atoms with E-state index in [-0.39, 0.29) is 11.0 Å². The SMILES string of the molecule is C=C(C)COc1cccc(NC(=S)NC(=O)c2ccccc2OCCOCC)c1. The molecule has 2 aromatic carbocycles. The molecule has 154 valence electrons. The first-order chi connectivity index (χ1) is 14.0. The Morgan fingerprint density at radius 2 is 1.90 bits per heavy atom. The molecule has 29 heavy (non-hydrogen) atoms. The van der Waals surface area contributed by atoms with Crippen LogP contribution in [0.5, 0.6) is 11.5 Å². The van der Waals surface area contributed by atoms with Gasteiger partial charge in [-0.2, -0.15) is 0 Å². The number of ether oxygens (including phenoxy) is 3.